The van der Waals surface area contributed by atoms with Gasteiger partial charge in [0, 0.05) is 13.1 Å². The summed E-state index contributed by atoms with van der Waals surface area (Å²) in [6.45, 7) is 1.23. The minimum absolute atomic E-state index is 0.0541. The van der Waals surface area contributed by atoms with Gasteiger partial charge in [0.1, 0.15) is 12.0 Å². The Bertz CT molecular complexity index is 750. The number of halogens is 3. The first-order valence-corrected chi connectivity index (χ1v) is 8.47. The van der Waals surface area contributed by atoms with E-state index in [1.54, 1.807) is 4.90 Å². The van der Waals surface area contributed by atoms with Gasteiger partial charge in [-0.05, 0) is 31.0 Å². The number of hydrogen-bond donors (Lipinski definition) is 0. The number of alkyl halides is 3. The number of carbonyl (C=O) groups excluding carboxylic acids is 1. The number of ether oxygens (including phenoxy) is 1. The van der Waals surface area contributed by atoms with Gasteiger partial charge in [0.05, 0.1) is 5.56 Å². The van der Waals surface area contributed by atoms with Gasteiger partial charge >= 0.3 is 6.18 Å². The molecule has 2 heterocycles. The fourth-order valence-electron chi connectivity index (χ4n) is 2.82. The minimum atomic E-state index is -4.44. The molecule has 1 fully saturated rings. The number of carbonyl (C=O) groups is 1. The van der Waals surface area contributed by atoms with Crippen molar-refractivity contribution in [2.75, 3.05) is 13.1 Å². The zero-order valence-corrected chi connectivity index (χ0v) is 14.1. The van der Waals surface area contributed by atoms with E-state index in [0.717, 1.165) is 37.8 Å². The van der Waals surface area contributed by atoms with Crippen molar-refractivity contribution >= 4 is 5.91 Å². The van der Waals surface area contributed by atoms with Crippen molar-refractivity contribution in [3.8, 4) is 5.75 Å². The van der Waals surface area contributed by atoms with Crippen molar-refractivity contribution in [2.45, 2.75) is 38.5 Å². The van der Waals surface area contributed by atoms with Crippen LogP contribution in [0.2, 0.25) is 0 Å². The molecule has 1 aliphatic heterocycles. The Labute approximate surface area is 148 Å². The molecule has 5 nitrogen and oxygen atoms in total. The van der Waals surface area contributed by atoms with Crippen LogP contribution in [0.4, 0.5) is 13.2 Å². The second kappa shape index (κ2) is 7.80. The van der Waals surface area contributed by atoms with E-state index in [0.29, 0.717) is 13.1 Å². The largest absolute Gasteiger partial charge is 0.484 e. The molecule has 0 radical (unpaired) electrons. The molecular formula is C18H19F3N2O3. The summed E-state index contributed by atoms with van der Waals surface area (Å²) < 4.78 is 48.6. The van der Waals surface area contributed by atoms with Gasteiger partial charge in [0.25, 0.3) is 5.91 Å². The third-order valence-corrected chi connectivity index (χ3v) is 4.19. The van der Waals surface area contributed by atoms with Crippen molar-refractivity contribution in [3.05, 3.63) is 47.7 Å². The van der Waals surface area contributed by atoms with E-state index in [-0.39, 0.29) is 29.8 Å². The molecule has 26 heavy (non-hydrogen) atoms. The van der Waals surface area contributed by atoms with Gasteiger partial charge in [-0.15, -0.1) is 0 Å². The molecule has 3 rings (SSSR count). The fraction of sp³-hybridized carbons (Fsp3) is 0.444. The average Bonchev–Trinajstić information content (AvgIpc) is 2.92. The molecule has 1 saturated heterocycles. The van der Waals surface area contributed by atoms with Crippen LogP contribution in [-0.2, 0) is 12.8 Å². The zero-order valence-electron chi connectivity index (χ0n) is 14.1. The molecule has 2 aromatic rings. The Morgan fingerprint density at radius 2 is 1.92 bits per heavy atom. The number of likely N-dealkylation sites (tertiary alicyclic amines) is 1. The Hall–Kier alpha value is -2.51. The van der Waals surface area contributed by atoms with Crippen molar-refractivity contribution < 1.29 is 27.1 Å². The first-order valence-electron chi connectivity index (χ1n) is 8.47. The normalized spacial score (nSPS) is 15.6. The molecule has 0 bridgehead atoms. The number of oxazole rings is 1. The summed E-state index contributed by atoms with van der Waals surface area (Å²) in [6, 6.07) is 4.56. The molecule has 0 unspecified atom stereocenters. The second-order valence-electron chi connectivity index (χ2n) is 6.15. The third kappa shape index (κ3) is 4.56. The molecule has 8 heteroatoms. The fourth-order valence-corrected chi connectivity index (χ4v) is 2.82. The third-order valence-electron chi connectivity index (χ3n) is 4.19. The Kier molecular flexibility index (Phi) is 5.49. The van der Waals surface area contributed by atoms with Crippen LogP contribution < -0.4 is 4.74 Å². The monoisotopic (exact) mass is 368 g/mol. The molecule has 1 aromatic carbocycles. The first kappa shape index (κ1) is 18.3. The van der Waals surface area contributed by atoms with Crippen LogP contribution in [0.25, 0.3) is 0 Å². The Balaban J connectivity index is 1.61. The van der Waals surface area contributed by atoms with E-state index in [2.05, 4.69) is 4.98 Å². The molecule has 0 atom stereocenters. The van der Waals surface area contributed by atoms with Crippen LogP contribution in [0.15, 0.2) is 34.9 Å². The minimum Gasteiger partial charge on any atom is -0.484 e. The number of rotatable bonds is 4. The SMILES string of the molecule is O=C(c1coc(COc2cccc(C(F)(F)F)c2)n1)N1CCCCCC1. The van der Waals surface area contributed by atoms with E-state index < -0.39 is 11.7 Å². The van der Waals surface area contributed by atoms with E-state index in [9.17, 15) is 18.0 Å². The number of aromatic nitrogens is 1. The predicted octanol–water partition coefficient (Wildman–Crippen LogP) is 4.29. The number of hydrogen-bond acceptors (Lipinski definition) is 4. The van der Waals surface area contributed by atoms with Gasteiger partial charge in [0.2, 0.25) is 5.89 Å². The first-order chi connectivity index (χ1) is 12.4. The Morgan fingerprint density at radius 1 is 1.19 bits per heavy atom. The summed E-state index contributed by atoms with van der Waals surface area (Å²) in [4.78, 5) is 18.3. The number of amides is 1. The maximum absolute atomic E-state index is 12.7. The predicted molar refractivity (Wildman–Crippen MR) is 86.7 cm³/mol. The quantitative estimate of drug-likeness (QED) is 0.808. The van der Waals surface area contributed by atoms with Crippen molar-refractivity contribution in [1.82, 2.24) is 9.88 Å². The zero-order chi connectivity index (χ0) is 18.6. The van der Waals surface area contributed by atoms with Crippen LogP contribution in [0.3, 0.4) is 0 Å². The van der Waals surface area contributed by atoms with Crippen molar-refractivity contribution in [3.63, 3.8) is 0 Å². The van der Waals surface area contributed by atoms with Crippen molar-refractivity contribution in [2.24, 2.45) is 0 Å². The molecule has 1 amide bonds. The van der Waals surface area contributed by atoms with E-state index in [4.69, 9.17) is 9.15 Å². The lowest BCUT2D eigenvalue weighted by Gasteiger charge is -2.18. The van der Waals surface area contributed by atoms with Gasteiger partial charge in [-0.2, -0.15) is 13.2 Å². The summed E-state index contributed by atoms with van der Waals surface area (Å²) in [5.41, 5.74) is -0.603. The topological polar surface area (TPSA) is 55.6 Å². The van der Waals surface area contributed by atoms with Gasteiger partial charge in [-0.25, -0.2) is 4.98 Å². The summed E-state index contributed by atoms with van der Waals surface area (Å²) in [6.07, 6.45) is 0.981. The molecular weight excluding hydrogens is 349 g/mol. The number of nitrogens with zero attached hydrogens (tertiary/aromatic N) is 2. The van der Waals surface area contributed by atoms with E-state index >= 15 is 0 Å². The van der Waals surface area contributed by atoms with Gasteiger partial charge < -0.3 is 14.1 Å². The molecule has 1 aromatic heterocycles. The lowest BCUT2D eigenvalue weighted by atomic mass is 10.2. The van der Waals surface area contributed by atoms with Crippen molar-refractivity contribution in [1.29, 1.82) is 0 Å². The molecule has 0 saturated carbocycles. The van der Waals surface area contributed by atoms with Gasteiger partial charge in [0.15, 0.2) is 12.3 Å². The lowest BCUT2D eigenvalue weighted by Crippen LogP contribution is -2.32. The van der Waals surface area contributed by atoms with Crippen LogP contribution in [0.1, 0.15) is 47.6 Å². The summed E-state index contributed by atoms with van der Waals surface area (Å²) >= 11 is 0. The highest BCUT2D eigenvalue weighted by atomic mass is 19.4. The van der Waals surface area contributed by atoms with E-state index in [1.807, 2.05) is 0 Å². The maximum Gasteiger partial charge on any atom is 0.416 e. The van der Waals surface area contributed by atoms with Crippen LogP contribution in [-0.4, -0.2) is 28.9 Å². The molecule has 0 spiro atoms. The standard InChI is InChI=1S/C18H19F3N2O3/c19-18(20,21)13-6-5-7-14(10-13)25-12-16-22-15(11-26-16)17(24)23-8-3-1-2-4-9-23/h5-7,10-11H,1-4,8-9,12H2. The van der Waals surface area contributed by atoms with Crippen LogP contribution in [0, 0.1) is 0 Å². The van der Waals surface area contributed by atoms with Gasteiger partial charge in [-0.1, -0.05) is 18.9 Å². The smallest absolute Gasteiger partial charge is 0.416 e. The highest BCUT2D eigenvalue weighted by Crippen LogP contribution is 2.31. The average molecular weight is 368 g/mol. The van der Waals surface area contributed by atoms with Crippen LogP contribution in [0.5, 0.6) is 5.75 Å². The number of benzene rings is 1. The van der Waals surface area contributed by atoms with E-state index in [1.165, 1.54) is 18.4 Å². The van der Waals surface area contributed by atoms with Crippen LogP contribution >= 0.6 is 0 Å². The maximum atomic E-state index is 12.7. The molecule has 1 aliphatic rings. The molecule has 0 N–H and O–H groups in total. The van der Waals surface area contributed by atoms with Gasteiger partial charge in [-0.3, -0.25) is 4.79 Å². The highest BCUT2D eigenvalue weighted by molar-refractivity contribution is 5.92. The summed E-state index contributed by atoms with van der Waals surface area (Å²) in [7, 11) is 0. The second-order valence-corrected chi connectivity index (χ2v) is 6.15. The summed E-state index contributed by atoms with van der Waals surface area (Å²) in [5, 5.41) is 0. The Morgan fingerprint density at radius 3 is 2.62 bits per heavy atom. The molecule has 0 aliphatic carbocycles. The molecule has 140 valence electrons. The highest BCUT2D eigenvalue weighted by Gasteiger charge is 2.30. The lowest BCUT2D eigenvalue weighted by molar-refractivity contribution is -0.137. The summed E-state index contributed by atoms with van der Waals surface area (Å²) in [5.74, 6) is -0.0000258.